The van der Waals surface area contributed by atoms with E-state index in [9.17, 15) is 5.11 Å². The number of nitrogens with zero attached hydrogens (tertiary/aromatic N) is 2. The van der Waals surface area contributed by atoms with Crippen molar-refractivity contribution in [3.05, 3.63) is 36.2 Å². The number of hydrogen-bond acceptors (Lipinski definition) is 3. The van der Waals surface area contributed by atoms with Crippen molar-refractivity contribution in [3.8, 4) is 0 Å². The third kappa shape index (κ3) is 2.58. The van der Waals surface area contributed by atoms with Gasteiger partial charge in [-0.2, -0.15) is 5.10 Å². The predicted molar refractivity (Wildman–Crippen MR) is 79.5 cm³/mol. The second-order valence-electron chi connectivity index (χ2n) is 6.19. The van der Waals surface area contributed by atoms with E-state index in [1.54, 1.807) is 0 Å². The van der Waals surface area contributed by atoms with Crippen molar-refractivity contribution in [1.82, 2.24) is 14.9 Å². The lowest BCUT2D eigenvalue weighted by Gasteiger charge is -2.39. The molecular formula is C16H23N3O. The Bertz CT molecular complexity index is 580. The zero-order chi connectivity index (χ0) is 14.0. The molecule has 4 nitrogen and oxygen atoms in total. The first-order valence-electron chi connectivity index (χ1n) is 7.50. The number of aliphatic hydroxyl groups excluding tert-OH is 1. The Morgan fingerprint density at radius 1 is 1.50 bits per heavy atom. The lowest BCUT2D eigenvalue weighted by Crippen LogP contribution is -2.51. The quantitative estimate of drug-likeness (QED) is 0.899. The molecule has 1 saturated carbocycles. The zero-order valence-electron chi connectivity index (χ0n) is 12.0. The molecule has 1 aliphatic carbocycles. The van der Waals surface area contributed by atoms with Crippen LogP contribution in [-0.2, 0) is 6.54 Å². The van der Waals surface area contributed by atoms with Gasteiger partial charge in [0, 0.05) is 23.8 Å². The maximum Gasteiger partial charge on any atom is 0.0706 e. The van der Waals surface area contributed by atoms with Crippen molar-refractivity contribution in [2.75, 3.05) is 6.61 Å². The van der Waals surface area contributed by atoms with Crippen LogP contribution in [0.25, 0.3) is 5.52 Å². The first-order valence-corrected chi connectivity index (χ1v) is 7.50. The summed E-state index contributed by atoms with van der Waals surface area (Å²) in [6.45, 7) is 3.26. The second-order valence-corrected chi connectivity index (χ2v) is 6.19. The van der Waals surface area contributed by atoms with Gasteiger partial charge in [-0.3, -0.25) is 0 Å². The highest BCUT2D eigenvalue weighted by Gasteiger charge is 2.33. The molecule has 1 fully saturated rings. The minimum absolute atomic E-state index is 0.110. The molecule has 0 bridgehead atoms. The fourth-order valence-electron chi connectivity index (χ4n) is 3.43. The van der Waals surface area contributed by atoms with Gasteiger partial charge in [0.15, 0.2) is 0 Å². The number of aromatic nitrogens is 2. The van der Waals surface area contributed by atoms with Crippen molar-refractivity contribution in [2.24, 2.45) is 5.92 Å². The molecule has 3 rings (SSSR count). The van der Waals surface area contributed by atoms with E-state index in [0.29, 0.717) is 5.92 Å². The van der Waals surface area contributed by atoms with Crippen molar-refractivity contribution >= 4 is 5.52 Å². The van der Waals surface area contributed by atoms with Gasteiger partial charge < -0.3 is 10.4 Å². The SMILES string of the molecule is CC1CCCC(CO)(NCc2cnn3ccccc23)C1. The normalized spacial score (nSPS) is 27.0. The number of fused-ring (bicyclic) bond motifs is 1. The van der Waals surface area contributed by atoms with Gasteiger partial charge in [0.2, 0.25) is 0 Å². The van der Waals surface area contributed by atoms with Crippen LogP contribution in [0.3, 0.4) is 0 Å². The summed E-state index contributed by atoms with van der Waals surface area (Å²) in [5.41, 5.74) is 2.22. The third-order valence-corrected chi connectivity index (χ3v) is 4.55. The lowest BCUT2D eigenvalue weighted by atomic mass is 9.77. The van der Waals surface area contributed by atoms with Crippen molar-refractivity contribution in [1.29, 1.82) is 0 Å². The van der Waals surface area contributed by atoms with Gasteiger partial charge in [0.1, 0.15) is 0 Å². The minimum Gasteiger partial charge on any atom is -0.394 e. The van der Waals surface area contributed by atoms with Gasteiger partial charge in [0.05, 0.1) is 18.3 Å². The predicted octanol–water partition coefficient (Wildman–Crippen LogP) is 2.37. The van der Waals surface area contributed by atoms with Gasteiger partial charge >= 0.3 is 0 Å². The smallest absolute Gasteiger partial charge is 0.0706 e. The molecule has 2 unspecified atom stereocenters. The summed E-state index contributed by atoms with van der Waals surface area (Å²) in [5.74, 6) is 0.687. The van der Waals surface area contributed by atoms with E-state index < -0.39 is 0 Å². The molecule has 0 saturated heterocycles. The average Bonchev–Trinajstić information content (AvgIpc) is 2.88. The maximum atomic E-state index is 9.82. The Balaban J connectivity index is 1.74. The molecule has 1 aliphatic rings. The highest BCUT2D eigenvalue weighted by Crippen LogP contribution is 2.32. The van der Waals surface area contributed by atoms with Crippen molar-refractivity contribution in [2.45, 2.75) is 44.7 Å². The zero-order valence-corrected chi connectivity index (χ0v) is 12.0. The molecule has 2 atom stereocenters. The number of nitrogens with one attached hydrogen (secondary N) is 1. The van der Waals surface area contributed by atoms with E-state index in [0.717, 1.165) is 24.9 Å². The van der Waals surface area contributed by atoms with Gasteiger partial charge in [-0.1, -0.05) is 25.8 Å². The summed E-state index contributed by atoms with van der Waals surface area (Å²) in [7, 11) is 0. The molecule has 2 aromatic heterocycles. The molecule has 20 heavy (non-hydrogen) atoms. The Labute approximate surface area is 119 Å². The average molecular weight is 273 g/mol. The highest BCUT2D eigenvalue weighted by atomic mass is 16.3. The largest absolute Gasteiger partial charge is 0.394 e. The van der Waals surface area contributed by atoms with E-state index in [4.69, 9.17) is 0 Å². The van der Waals surface area contributed by atoms with E-state index in [1.165, 1.54) is 18.4 Å². The van der Waals surface area contributed by atoms with Gasteiger partial charge in [-0.25, -0.2) is 4.52 Å². The Morgan fingerprint density at radius 2 is 2.40 bits per heavy atom. The first kappa shape index (κ1) is 13.6. The standard InChI is InChI=1S/C16H23N3O/c1-13-5-4-7-16(9-13,12-20)17-10-14-11-18-19-8-3-2-6-15(14)19/h2-3,6,8,11,13,17,20H,4-5,7,9-10,12H2,1H3. The van der Waals surface area contributed by atoms with Crippen LogP contribution in [0.15, 0.2) is 30.6 Å². The summed E-state index contributed by atoms with van der Waals surface area (Å²) in [5, 5.41) is 17.8. The van der Waals surface area contributed by atoms with Crippen LogP contribution in [-0.4, -0.2) is 26.9 Å². The molecule has 2 aromatic rings. The summed E-state index contributed by atoms with van der Waals surface area (Å²) in [4.78, 5) is 0. The fourth-order valence-corrected chi connectivity index (χ4v) is 3.43. The maximum absolute atomic E-state index is 9.82. The monoisotopic (exact) mass is 273 g/mol. The van der Waals surface area contributed by atoms with Gasteiger partial charge in [-0.05, 0) is 30.9 Å². The second kappa shape index (κ2) is 5.54. The van der Waals surface area contributed by atoms with Crippen molar-refractivity contribution in [3.63, 3.8) is 0 Å². The van der Waals surface area contributed by atoms with E-state index in [2.05, 4.69) is 23.4 Å². The molecule has 0 aromatic carbocycles. The molecule has 0 spiro atoms. The van der Waals surface area contributed by atoms with Crippen LogP contribution in [0, 0.1) is 5.92 Å². The summed E-state index contributed by atoms with van der Waals surface area (Å²) in [6.07, 6.45) is 8.47. The molecule has 4 heteroatoms. The number of hydrogen-bond donors (Lipinski definition) is 2. The van der Waals surface area contributed by atoms with E-state index in [-0.39, 0.29) is 12.1 Å². The Hall–Kier alpha value is -1.39. The topological polar surface area (TPSA) is 49.6 Å². The van der Waals surface area contributed by atoms with Crippen LogP contribution in [0.1, 0.15) is 38.2 Å². The van der Waals surface area contributed by atoms with E-state index in [1.807, 2.05) is 29.0 Å². The summed E-state index contributed by atoms with van der Waals surface area (Å²) in [6, 6.07) is 6.10. The van der Waals surface area contributed by atoms with Gasteiger partial charge in [-0.15, -0.1) is 0 Å². The minimum atomic E-state index is -0.110. The van der Waals surface area contributed by atoms with Crippen molar-refractivity contribution < 1.29 is 5.11 Å². The number of rotatable bonds is 4. The summed E-state index contributed by atoms with van der Waals surface area (Å²) >= 11 is 0. The van der Waals surface area contributed by atoms with Gasteiger partial charge in [0.25, 0.3) is 0 Å². The number of pyridine rings is 1. The molecule has 108 valence electrons. The first-order chi connectivity index (χ1) is 9.72. The summed E-state index contributed by atoms with van der Waals surface area (Å²) < 4.78 is 1.89. The number of aliphatic hydroxyl groups is 1. The van der Waals surface area contributed by atoms with Crippen LogP contribution in [0.5, 0.6) is 0 Å². The third-order valence-electron chi connectivity index (χ3n) is 4.55. The molecule has 0 amide bonds. The Kier molecular flexibility index (Phi) is 3.76. The molecule has 0 aliphatic heterocycles. The molecule has 2 N–H and O–H groups in total. The molecule has 2 heterocycles. The molecular weight excluding hydrogens is 250 g/mol. The van der Waals surface area contributed by atoms with E-state index >= 15 is 0 Å². The van der Waals surface area contributed by atoms with Crippen LogP contribution >= 0.6 is 0 Å². The van der Waals surface area contributed by atoms with Crippen LogP contribution < -0.4 is 5.32 Å². The highest BCUT2D eigenvalue weighted by molar-refractivity contribution is 5.53. The fraction of sp³-hybridized carbons (Fsp3) is 0.562. The molecule has 0 radical (unpaired) electrons. The van der Waals surface area contributed by atoms with Crippen LogP contribution in [0.2, 0.25) is 0 Å². The Morgan fingerprint density at radius 3 is 3.20 bits per heavy atom. The lowest BCUT2D eigenvalue weighted by molar-refractivity contribution is 0.0983. The van der Waals surface area contributed by atoms with Crippen LogP contribution in [0.4, 0.5) is 0 Å².